The highest BCUT2D eigenvalue weighted by atomic mass is 32.1. The normalized spacial score (nSPS) is 11.0. The Bertz CT molecular complexity index is 549. The maximum absolute atomic E-state index is 5.31. The van der Waals surface area contributed by atoms with E-state index in [0.717, 1.165) is 10.5 Å². The van der Waals surface area contributed by atoms with E-state index in [1.54, 1.807) is 0 Å². The molecule has 0 aliphatic heterocycles. The SMILES string of the molecule is Cc1cn(-c2ccccc2C(C)C)c(=S)[nH]1. The standard InChI is InChI=1S/C13H16N2S/c1-9(2)11-6-4-5-7-12(11)15-8-10(3)14-13(15)16/h4-9H,1-3H3,(H,14,16). The fourth-order valence-corrected chi connectivity index (χ4v) is 2.20. The van der Waals surface area contributed by atoms with E-state index in [1.165, 1.54) is 11.3 Å². The van der Waals surface area contributed by atoms with Gasteiger partial charge in [0.05, 0.1) is 5.69 Å². The van der Waals surface area contributed by atoms with Gasteiger partial charge in [-0.1, -0.05) is 32.0 Å². The molecule has 1 heterocycles. The first kappa shape index (κ1) is 11.1. The molecule has 1 N–H and O–H groups in total. The zero-order valence-corrected chi connectivity index (χ0v) is 10.6. The molecule has 16 heavy (non-hydrogen) atoms. The zero-order chi connectivity index (χ0) is 11.7. The maximum Gasteiger partial charge on any atom is 0.181 e. The number of aryl methyl sites for hydroxylation is 1. The lowest BCUT2D eigenvalue weighted by atomic mass is 10.0. The first-order chi connectivity index (χ1) is 7.59. The highest BCUT2D eigenvalue weighted by Gasteiger charge is 2.08. The summed E-state index contributed by atoms with van der Waals surface area (Å²) in [6, 6.07) is 8.38. The van der Waals surface area contributed by atoms with Gasteiger partial charge in [-0.3, -0.25) is 4.57 Å². The summed E-state index contributed by atoms with van der Waals surface area (Å²) in [5.74, 6) is 0.494. The number of nitrogens with one attached hydrogen (secondary N) is 1. The van der Waals surface area contributed by atoms with Crippen molar-refractivity contribution in [3.05, 3.63) is 46.5 Å². The van der Waals surface area contributed by atoms with Gasteiger partial charge in [-0.2, -0.15) is 0 Å². The second-order valence-corrected chi connectivity index (χ2v) is 4.71. The third-order valence-electron chi connectivity index (χ3n) is 2.66. The van der Waals surface area contributed by atoms with Gasteiger partial charge in [-0.15, -0.1) is 0 Å². The Morgan fingerprint density at radius 2 is 1.94 bits per heavy atom. The molecule has 3 heteroatoms. The van der Waals surface area contributed by atoms with Crippen LogP contribution >= 0.6 is 12.2 Å². The summed E-state index contributed by atoms with van der Waals surface area (Å²) in [5, 5.41) is 0. The van der Waals surface area contributed by atoms with Crippen molar-refractivity contribution in [2.24, 2.45) is 0 Å². The molecule has 2 nitrogen and oxygen atoms in total. The average molecular weight is 232 g/mol. The van der Waals surface area contributed by atoms with E-state index in [2.05, 4.69) is 37.0 Å². The molecule has 0 bridgehead atoms. The van der Waals surface area contributed by atoms with Gasteiger partial charge in [0.25, 0.3) is 0 Å². The zero-order valence-electron chi connectivity index (χ0n) is 9.82. The van der Waals surface area contributed by atoms with Crippen LogP contribution in [0.2, 0.25) is 0 Å². The Labute approximate surface area is 101 Å². The Morgan fingerprint density at radius 1 is 1.25 bits per heavy atom. The van der Waals surface area contributed by atoms with E-state index >= 15 is 0 Å². The Kier molecular flexibility index (Phi) is 2.97. The number of H-pyrrole nitrogens is 1. The quantitative estimate of drug-likeness (QED) is 0.777. The molecule has 0 fully saturated rings. The molecule has 84 valence electrons. The summed E-state index contributed by atoms with van der Waals surface area (Å²) in [7, 11) is 0. The molecule has 0 radical (unpaired) electrons. The van der Waals surface area contributed by atoms with Gasteiger partial charge in [0, 0.05) is 11.9 Å². The largest absolute Gasteiger partial charge is 0.335 e. The van der Waals surface area contributed by atoms with Crippen molar-refractivity contribution in [2.45, 2.75) is 26.7 Å². The fraction of sp³-hybridized carbons (Fsp3) is 0.308. The molecular formula is C13H16N2S. The molecule has 0 saturated carbocycles. The van der Waals surface area contributed by atoms with Crippen LogP contribution in [0.4, 0.5) is 0 Å². The Morgan fingerprint density at radius 3 is 2.50 bits per heavy atom. The van der Waals surface area contributed by atoms with Crippen molar-refractivity contribution in [1.29, 1.82) is 0 Å². The third kappa shape index (κ3) is 1.95. The maximum atomic E-state index is 5.31. The molecule has 0 aliphatic rings. The second kappa shape index (κ2) is 4.26. The van der Waals surface area contributed by atoms with Crippen LogP contribution in [-0.2, 0) is 0 Å². The fourth-order valence-electron chi connectivity index (χ4n) is 1.89. The molecule has 2 aromatic rings. The van der Waals surface area contributed by atoms with Gasteiger partial charge in [-0.25, -0.2) is 0 Å². The summed E-state index contributed by atoms with van der Waals surface area (Å²) in [5.41, 5.74) is 3.58. The molecule has 0 aliphatic carbocycles. The highest BCUT2D eigenvalue weighted by Crippen LogP contribution is 2.23. The van der Waals surface area contributed by atoms with Crippen molar-refractivity contribution in [3.8, 4) is 5.69 Å². The lowest BCUT2D eigenvalue weighted by Gasteiger charge is -2.12. The minimum Gasteiger partial charge on any atom is -0.335 e. The number of rotatable bonds is 2. The van der Waals surface area contributed by atoms with Crippen molar-refractivity contribution < 1.29 is 0 Å². The van der Waals surface area contributed by atoms with Crippen LogP contribution < -0.4 is 0 Å². The van der Waals surface area contributed by atoms with Crippen LogP contribution in [-0.4, -0.2) is 9.55 Å². The lowest BCUT2D eigenvalue weighted by molar-refractivity contribution is 0.843. The van der Waals surface area contributed by atoms with Gasteiger partial charge < -0.3 is 4.98 Å². The van der Waals surface area contributed by atoms with Crippen LogP contribution in [0.15, 0.2) is 30.5 Å². The number of aromatic amines is 1. The summed E-state index contributed by atoms with van der Waals surface area (Å²) in [6.07, 6.45) is 2.05. The third-order valence-corrected chi connectivity index (χ3v) is 2.96. The van der Waals surface area contributed by atoms with Gasteiger partial charge >= 0.3 is 0 Å². The van der Waals surface area contributed by atoms with Crippen molar-refractivity contribution in [1.82, 2.24) is 9.55 Å². The van der Waals surface area contributed by atoms with Crippen LogP contribution in [0.3, 0.4) is 0 Å². The smallest absolute Gasteiger partial charge is 0.181 e. The molecule has 0 atom stereocenters. The number of nitrogens with zero attached hydrogens (tertiary/aromatic N) is 1. The summed E-state index contributed by atoms with van der Waals surface area (Å²) < 4.78 is 2.80. The summed E-state index contributed by atoms with van der Waals surface area (Å²) >= 11 is 5.31. The number of benzene rings is 1. The van der Waals surface area contributed by atoms with E-state index < -0.39 is 0 Å². The van der Waals surface area contributed by atoms with E-state index in [0.29, 0.717) is 5.92 Å². The van der Waals surface area contributed by atoms with E-state index in [-0.39, 0.29) is 0 Å². The molecular weight excluding hydrogens is 216 g/mol. The van der Waals surface area contributed by atoms with E-state index in [1.807, 2.05) is 23.8 Å². The van der Waals surface area contributed by atoms with Gasteiger partial charge in [0.1, 0.15) is 0 Å². The lowest BCUT2D eigenvalue weighted by Crippen LogP contribution is -1.99. The minimum atomic E-state index is 0.494. The average Bonchev–Trinajstić information content (AvgIpc) is 2.57. The van der Waals surface area contributed by atoms with Crippen LogP contribution in [0.25, 0.3) is 5.69 Å². The topological polar surface area (TPSA) is 20.7 Å². The second-order valence-electron chi connectivity index (χ2n) is 4.33. The first-order valence-electron chi connectivity index (χ1n) is 5.47. The molecule has 1 aromatic carbocycles. The summed E-state index contributed by atoms with van der Waals surface area (Å²) in [4.78, 5) is 3.15. The molecule has 0 unspecified atom stereocenters. The number of hydrogen-bond donors (Lipinski definition) is 1. The monoisotopic (exact) mass is 232 g/mol. The minimum absolute atomic E-state index is 0.494. The van der Waals surface area contributed by atoms with Crippen molar-refractivity contribution in [3.63, 3.8) is 0 Å². The summed E-state index contributed by atoms with van der Waals surface area (Å²) in [6.45, 7) is 6.41. The van der Waals surface area contributed by atoms with Crippen LogP contribution in [0.1, 0.15) is 31.0 Å². The van der Waals surface area contributed by atoms with E-state index in [9.17, 15) is 0 Å². The molecule has 0 spiro atoms. The Hall–Kier alpha value is -1.35. The first-order valence-corrected chi connectivity index (χ1v) is 5.88. The molecule has 1 aromatic heterocycles. The van der Waals surface area contributed by atoms with Crippen LogP contribution in [0.5, 0.6) is 0 Å². The molecule has 0 amide bonds. The van der Waals surface area contributed by atoms with Crippen molar-refractivity contribution >= 4 is 12.2 Å². The predicted octanol–water partition coefficient (Wildman–Crippen LogP) is 3.97. The van der Waals surface area contributed by atoms with Gasteiger partial charge in [0.15, 0.2) is 4.77 Å². The molecule has 2 rings (SSSR count). The molecule has 0 saturated heterocycles. The highest BCUT2D eigenvalue weighted by molar-refractivity contribution is 7.71. The Balaban J connectivity index is 2.64. The van der Waals surface area contributed by atoms with Crippen LogP contribution in [0, 0.1) is 11.7 Å². The number of aromatic nitrogens is 2. The number of para-hydroxylation sites is 1. The van der Waals surface area contributed by atoms with Gasteiger partial charge in [-0.05, 0) is 36.7 Å². The number of hydrogen-bond acceptors (Lipinski definition) is 1. The predicted molar refractivity (Wildman–Crippen MR) is 69.8 cm³/mol. The van der Waals surface area contributed by atoms with Crippen molar-refractivity contribution in [2.75, 3.05) is 0 Å². The van der Waals surface area contributed by atoms with Gasteiger partial charge in [0.2, 0.25) is 0 Å². The number of imidazole rings is 1. The van der Waals surface area contributed by atoms with E-state index in [4.69, 9.17) is 12.2 Å².